The van der Waals surface area contributed by atoms with Gasteiger partial charge in [0.2, 0.25) is 0 Å². The third-order valence-corrected chi connectivity index (χ3v) is 4.11. The maximum atomic E-state index is 9.96. The molecule has 31 heavy (non-hydrogen) atoms. The Labute approximate surface area is 189 Å². The van der Waals surface area contributed by atoms with Gasteiger partial charge in [-0.3, -0.25) is 19.8 Å². The lowest BCUT2D eigenvalue weighted by Crippen LogP contribution is -2.17. The number of benzodiazepines with no additional fused rings is 1. The first-order valence-electron chi connectivity index (χ1n) is 10.3. The highest BCUT2D eigenvalue weighted by atomic mass is 35.5. The fourth-order valence-electron chi connectivity index (χ4n) is 2.45. The Bertz CT molecular complexity index is 878. The molecule has 7 nitrogen and oxygen atoms in total. The van der Waals surface area contributed by atoms with Gasteiger partial charge < -0.3 is 15.2 Å². The topological polar surface area (TPSA) is 96.2 Å². The van der Waals surface area contributed by atoms with E-state index in [1.54, 1.807) is 20.0 Å². The van der Waals surface area contributed by atoms with E-state index >= 15 is 0 Å². The van der Waals surface area contributed by atoms with Crippen molar-refractivity contribution in [3.63, 3.8) is 0 Å². The molecular weight excluding hydrogens is 416 g/mol. The molecule has 1 atom stereocenters. The van der Waals surface area contributed by atoms with E-state index in [0.717, 1.165) is 22.7 Å². The van der Waals surface area contributed by atoms with Crippen molar-refractivity contribution in [1.82, 2.24) is 4.98 Å². The molecule has 0 fully saturated rings. The summed E-state index contributed by atoms with van der Waals surface area (Å²) in [5, 5.41) is 13.3. The SMILES string of the molecule is CC.CC(O)CN=C1CN=C(c2ccccn2)c2cc(Cl)ccc2N1.CCC(=O)OC. The molecule has 1 unspecified atom stereocenters. The zero-order valence-electron chi connectivity index (χ0n) is 18.7. The van der Waals surface area contributed by atoms with Gasteiger partial charge in [-0.25, -0.2) is 0 Å². The summed E-state index contributed by atoms with van der Waals surface area (Å²) in [7, 11) is 1.38. The molecular formula is C23H31ClN4O3. The number of ether oxygens (including phenoxy) is 1. The van der Waals surface area contributed by atoms with Crippen molar-refractivity contribution in [2.45, 2.75) is 40.2 Å². The number of nitrogens with zero attached hydrogens (tertiary/aromatic N) is 3. The number of amidine groups is 1. The van der Waals surface area contributed by atoms with Gasteiger partial charge in [-0.2, -0.15) is 0 Å². The number of anilines is 1. The Morgan fingerprint density at radius 2 is 2.06 bits per heavy atom. The second-order valence-corrected chi connectivity index (χ2v) is 6.70. The predicted molar refractivity (Wildman–Crippen MR) is 127 cm³/mol. The first kappa shape index (κ1) is 26.3. The van der Waals surface area contributed by atoms with Crippen molar-refractivity contribution in [1.29, 1.82) is 0 Å². The average Bonchev–Trinajstić information content (AvgIpc) is 2.98. The zero-order valence-corrected chi connectivity index (χ0v) is 19.5. The van der Waals surface area contributed by atoms with Gasteiger partial charge in [-0.05, 0) is 37.3 Å². The highest BCUT2D eigenvalue weighted by Crippen LogP contribution is 2.25. The molecule has 0 saturated carbocycles. The summed E-state index contributed by atoms with van der Waals surface area (Å²) in [4.78, 5) is 23.4. The maximum Gasteiger partial charge on any atom is 0.305 e. The van der Waals surface area contributed by atoms with E-state index in [0.29, 0.717) is 30.4 Å². The van der Waals surface area contributed by atoms with E-state index in [4.69, 9.17) is 11.6 Å². The van der Waals surface area contributed by atoms with E-state index in [9.17, 15) is 9.90 Å². The van der Waals surface area contributed by atoms with Gasteiger partial charge in [0.15, 0.2) is 0 Å². The van der Waals surface area contributed by atoms with E-state index < -0.39 is 6.10 Å². The lowest BCUT2D eigenvalue weighted by atomic mass is 10.0. The number of aliphatic imine (C=N–C) groups is 2. The van der Waals surface area contributed by atoms with Crippen LogP contribution < -0.4 is 5.32 Å². The second-order valence-electron chi connectivity index (χ2n) is 6.26. The van der Waals surface area contributed by atoms with Crippen molar-refractivity contribution < 1.29 is 14.6 Å². The van der Waals surface area contributed by atoms with Crippen LogP contribution in [-0.4, -0.2) is 53.9 Å². The van der Waals surface area contributed by atoms with Crippen LogP contribution in [-0.2, 0) is 9.53 Å². The highest BCUT2D eigenvalue weighted by Gasteiger charge is 2.18. The number of methoxy groups -OCH3 is 1. The summed E-state index contributed by atoms with van der Waals surface area (Å²) in [5.74, 6) is 0.551. The zero-order chi connectivity index (χ0) is 23.2. The van der Waals surface area contributed by atoms with Crippen LogP contribution in [0.25, 0.3) is 0 Å². The molecule has 168 valence electrons. The molecule has 0 radical (unpaired) electrons. The number of aliphatic hydroxyl groups excluding tert-OH is 1. The summed E-state index contributed by atoms with van der Waals surface area (Å²) in [6.07, 6.45) is 1.72. The summed E-state index contributed by atoms with van der Waals surface area (Å²) >= 11 is 6.16. The number of benzene rings is 1. The first-order chi connectivity index (χ1) is 14.9. The number of nitrogens with one attached hydrogen (secondary N) is 1. The molecule has 0 saturated heterocycles. The van der Waals surface area contributed by atoms with E-state index in [1.165, 1.54) is 7.11 Å². The number of carbonyl (C=O) groups excluding carboxylic acids is 1. The van der Waals surface area contributed by atoms with Gasteiger partial charge in [-0.15, -0.1) is 0 Å². The van der Waals surface area contributed by atoms with E-state index in [2.05, 4.69) is 25.0 Å². The third kappa shape index (κ3) is 8.86. The number of hydrogen-bond donors (Lipinski definition) is 2. The summed E-state index contributed by atoms with van der Waals surface area (Å²) in [5.41, 5.74) is 3.33. The summed E-state index contributed by atoms with van der Waals surface area (Å²) in [6.45, 7) is 8.19. The van der Waals surface area contributed by atoms with Gasteiger partial charge in [0.25, 0.3) is 0 Å². The molecule has 2 N–H and O–H groups in total. The number of fused-ring (bicyclic) bond motifs is 1. The number of halogens is 1. The van der Waals surface area contributed by atoms with Crippen LogP contribution in [0.5, 0.6) is 0 Å². The second kappa shape index (κ2) is 14.3. The number of rotatable bonds is 4. The maximum absolute atomic E-state index is 9.96. The van der Waals surface area contributed by atoms with Crippen LogP contribution in [0.3, 0.4) is 0 Å². The van der Waals surface area contributed by atoms with Crippen LogP contribution in [0, 0.1) is 0 Å². The minimum Gasteiger partial charge on any atom is -0.469 e. The molecule has 2 heterocycles. The van der Waals surface area contributed by atoms with Gasteiger partial charge in [0, 0.05) is 28.9 Å². The summed E-state index contributed by atoms with van der Waals surface area (Å²) in [6, 6.07) is 11.3. The van der Waals surface area contributed by atoms with Crippen LogP contribution in [0.2, 0.25) is 5.02 Å². The molecule has 0 amide bonds. The fraction of sp³-hybridized carbons (Fsp3) is 0.391. The van der Waals surface area contributed by atoms with Crippen LogP contribution in [0.4, 0.5) is 5.69 Å². The van der Waals surface area contributed by atoms with Crippen molar-refractivity contribution in [2.24, 2.45) is 9.98 Å². The van der Waals surface area contributed by atoms with Crippen molar-refractivity contribution in [3.8, 4) is 0 Å². The van der Waals surface area contributed by atoms with Crippen molar-refractivity contribution >= 4 is 34.8 Å². The highest BCUT2D eigenvalue weighted by molar-refractivity contribution is 6.31. The molecule has 0 bridgehead atoms. The molecule has 1 aliphatic heterocycles. The largest absolute Gasteiger partial charge is 0.469 e. The molecule has 2 aromatic rings. The molecule has 3 rings (SSSR count). The van der Waals surface area contributed by atoms with Crippen LogP contribution in [0.1, 0.15) is 45.4 Å². The molecule has 1 aromatic heterocycles. The normalized spacial score (nSPS) is 14.3. The van der Waals surface area contributed by atoms with Crippen molar-refractivity contribution in [3.05, 3.63) is 58.9 Å². The van der Waals surface area contributed by atoms with Gasteiger partial charge in [0.05, 0.1) is 37.7 Å². The van der Waals surface area contributed by atoms with E-state index in [-0.39, 0.29) is 5.97 Å². The van der Waals surface area contributed by atoms with Gasteiger partial charge in [0.1, 0.15) is 5.84 Å². The minimum absolute atomic E-state index is 0.157. The minimum atomic E-state index is -0.489. The average molecular weight is 447 g/mol. The Morgan fingerprint density at radius 1 is 1.32 bits per heavy atom. The quantitative estimate of drug-likeness (QED) is 0.679. The predicted octanol–water partition coefficient (Wildman–Crippen LogP) is 4.37. The van der Waals surface area contributed by atoms with Crippen LogP contribution in [0.15, 0.2) is 52.6 Å². The Hall–Kier alpha value is -2.77. The fourth-order valence-corrected chi connectivity index (χ4v) is 2.63. The number of aromatic nitrogens is 1. The van der Waals surface area contributed by atoms with E-state index in [1.807, 2.05) is 50.2 Å². The number of aliphatic hydroxyl groups is 1. The first-order valence-corrected chi connectivity index (χ1v) is 10.6. The third-order valence-electron chi connectivity index (χ3n) is 3.87. The number of carbonyl (C=O) groups is 1. The van der Waals surface area contributed by atoms with Gasteiger partial charge in [-0.1, -0.05) is 38.4 Å². The molecule has 1 aliphatic rings. The lowest BCUT2D eigenvalue weighted by molar-refractivity contribution is -0.140. The molecule has 8 heteroatoms. The molecule has 1 aromatic carbocycles. The number of pyridine rings is 1. The summed E-state index contributed by atoms with van der Waals surface area (Å²) < 4.78 is 4.26. The monoisotopic (exact) mass is 446 g/mol. The van der Waals surface area contributed by atoms with Crippen molar-refractivity contribution in [2.75, 3.05) is 25.5 Å². The Balaban J connectivity index is 0.000000521. The molecule has 0 spiro atoms. The lowest BCUT2D eigenvalue weighted by Gasteiger charge is -2.11. The standard InChI is InChI=1S/C17H17ClN4O.C4H8O2.C2H6/c1-11(23)9-20-16-10-21-17(15-4-2-3-7-19-15)13-8-12(18)5-6-14(13)22-16;1-3-4(5)6-2;1-2/h2-8,11,23H,9-10H2,1H3,(H,20,22);3H2,1-2H3;1-2H3. The smallest absolute Gasteiger partial charge is 0.305 e. The Kier molecular flexibility index (Phi) is 12.1. The number of hydrogen-bond acceptors (Lipinski definition) is 6. The molecule has 0 aliphatic carbocycles. The number of esters is 1. The Morgan fingerprint density at radius 3 is 2.61 bits per heavy atom. The van der Waals surface area contributed by atoms with Crippen LogP contribution >= 0.6 is 11.6 Å². The van der Waals surface area contributed by atoms with Gasteiger partial charge >= 0.3 is 5.97 Å².